The Morgan fingerprint density at radius 2 is 1.84 bits per heavy atom. The van der Waals surface area contributed by atoms with Crippen LogP contribution in [0.2, 0.25) is 0 Å². The van der Waals surface area contributed by atoms with Crippen LogP contribution >= 0.6 is 11.8 Å². The highest BCUT2D eigenvalue weighted by Gasteiger charge is 2.09. The van der Waals surface area contributed by atoms with Gasteiger partial charge in [-0.1, -0.05) is 25.6 Å². The monoisotopic (exact) mass is 280 g/mol. The average molecular weight is 280 g/mol. The van der Waals surface area contributed by atoms with Gasteiger partial charge < -0.3 is 9.15 Å². The van der Waals surface area contributed by atoms with Crippen LogP contribution in [0.3, 0.4) is 0 Å². The summed E-state index contributed by atoms with van der Waals surface area (Å²) in [6.45, 7) is 4.00. The van der Waals surface area contributed by atoms with Gasteiger partial charge in [0.25, 0.3) is 5.22 Å². The van der Waals surface area contributed by atoms with Crippen molar-refractivity contribution in [3.63, 3.8) is 0 Å². The standard InChI is InChI=1S/C11H10N2O3S.C2H6/c1-15-10(14)8-5-3-7(4-6-8)9-12-13-11(16-9)17-2;1-2/h3-6H,1-2H3;1-2H3. The molecule has 1 aromatic heterocycles. The number of ether oxygens (including phenoxy) is 1. The van der Waals surface area contributed by atoms with Gasteiger partial charge in [-0.3, -0.25) is 0 Å². The Morgan fingerprint density at radius 1 is 1.21 bits per heavy atom. The molecule has 0 saturated carbocycles. The second-order valence-corrected chi connectivity index (χ2v) is 3.90. The molecule has 1 aromatic carbocycles. The minimum absolute atomic E-state index is 0.369. The first-order chi connectivity index (χ1) is 9.24. The molecular weight excluding hydrogens is 264 g/mol. The van der Waals surface area contributed by atoms with Gasteiger partial charge in [0.05, 0.1) is 12.7 Å². The van der Waals surface area contributed by atoms with E-state index in [1.807, 2.05) is 20.1 Å². The molecule has 0 radical (unpaired) electrons. The number of nitrogens with zero attached hydrogens (tertiary/aromatic N) is 2. The molecule has 2 rings (SSSR count). The summed E-state index contributed by atoms with van der Waals surface area (Å²) in [6.07, 6.45) is 1.86. The summed E-state index contributed by atoms with van der Waals surface area (Å²) in [5.41, 5.74) is 1.26. The molecule has 6 heteroatoms. The first-order valence-electron chi connectivity index (χ1n) is 5.81. The average Bonchev–Trinajstić information content (AvgIpc) is 2.97. The molecule has 1 heterocycles. The highest BCUT2D eigenvalue weighted by atomic mass is 32.2. The van der Waals surface area contributed by atoms with E-state index in [1.165, 1.54) is 18.9 Å². The Morgan fingerprint density at radius 3 is 2.32 bits per heavy atom. The lowest BCUT2D eigenvalue weighted by Gasteiger charge is -1.99. The molecule has 0 atom stereocenters. The molecule has 0 N–H and O–H groups in total. The number of aromatic nitrogens is 2. The molecule has 0 aliphatic heterocycles. The first kappa shape index (κ1) is 15.2. The zero-order chi connectivity index (χ0) is 14.3. The lowest BCUT2D eigenvalue weighted by atomic mass is 10.1. The van der Waals surface area contributed by atoms with Crippen molar-refractivity contribution >= 4 is 17.7 Å². The molecule has 19 heavy (non-hydrogen) atoms. The third kappa shape index (κ3) is 3.82. The molecule has 0 aliphatic rings. The summed E-state index contributed by atoms with van der Waals surface area (Å²) < 4.78 is 9.98. The van der Waals surface area contributed by atoms with Crippen molar-refractivity contribution in [1.29, 1.82) is 0 Å². The number of carbonyl (C=O) groups is 1. The summed E-state index contributed by atoms with van der Waals surface area (Å²) in [5, 5.41) is 8.25. The molecular formula is C13H16N2O3S. The van der Waals surface area contributed by atoms with Crippen molar-refractivity contribution in [2.45, 2.75) is 19.1 Å². The maximum absolute atomic E-state index is 11.2. The number of carbonyl (C=O) groups excluding carboxylic acids is 1. The predicted octanol–water partition coefficient (Wildman–Crippen LogP) is 3.27. The Labute approximate surface area is 116 Å². The summed E-state index contributed by atoms with van der Waals surface area (Å²) in [4.78, 5) is 11.2. The van der Waals surface area contributed by atoms with E-state index in [4.69, 9.17) is 4.42 Å². The van der Waals surface area contributed by atoms with Gasteiger partial charge in [-0.25, -0.2) is 4.79 Å². The fourth-order valence-corrected chi connectivity index (χ4v) is 1.56. The van der Waals surface area contributed by atoms with Gasteiger partial charge in [-0.2, -0.15) is 0 Å². The zero-order valence-electron chi connectivity index (χ0n) is 11.3. The third-order valence-electron chi connectivity index (χ3n) is 2.13. The molecule has 0 unspecified atom stereocenters. The maximum Gasteiger partial charge on any atom is 0.337 e. The van der Waals surface area contributed by atoms with Crippen LogP contribution in [0.15, 0.2) is 33.9 Å². The van der Waals surface area contributed by atoms with E-state index in [-0.39, 0.29) is 5.97 Å². The van der Waals surface area contributed by atoms with Gasteiger partial charge in [-0.05, 0) is 30.5 Å². The lowest BCUT2D eigenvalue weighted by molar-refractivity contribution is 0.0601. The summed E-state index contributed by atoms with van der Waals surface area (Å²) >= 11 is 1.38. The van der Waals surface area contributed by atoms with Crippen molar-refractivity contribution in [2.75, 3.05) is 13.4 Å². The van der Waals surface area contributed by atoms with Crippen molar-refractivity contribution in [3.8, 4) is 11.5 Å². The first-order valence-corrected chi connectivity index (χ1v) is 7.03. The largest absolute Gasteiger partial charge is 0.465 e. The number of rotatable bonds is 3. The van der Waals surface area contributed by atoms with E-state index in [1.54, 1.807) is 24.3 Å². The van der Waals surface area contributed by atoms with Crippen molar-refractivity contribution in [1.82, 2.24) is 10.2 Å². The summed E-state index contributed by atoms with van der Waals surface area (Å²) in [7, 11) is 1.35. The number of hydrogen-bond acceptors (Lipinski definition) is 6. The van der Waals surface area contributed by atoms with Crippen LogP contribution in [0, 0.1) is 0 Å². The minimum atomic E-state index is -0.369. The Balaban J connectivity index is 0.000000861. The molecule has 2 aromatic rings. The summed E-state index contributed by atoms with van der Waals surface area (Å²) in [5.74, 6) is 0.0673. The van der Waals surface area contributed by atoms with E-state index in [9.17, 15) is 4.79 Å². The van der Waals surface area contributed by atoms with Crippen LogP contribution in [0.4, 0.5) is 0 Å². The Kier molecular flexibility index (Phi) is 6.08. The summed E-state index contributed by atoms with van der Waals surface area (Å²) in [6, 6.07) is 6.79. The van der Waals surface area contributed by atoms with Crippen molar-refractivity contribution < 1.29 is 13.9 Å². The second kappa shape index (κ2) is 7.58. The van der Waals surface area contributed by atoms with E-state index in [2.05, 4.69) is 14.9 Å². The minimum Gasteiger partial charge on any atom is -0.465 e. The van der Waals surface area contributed by atoms with Crippen molar-refractivity contribution in [2.24, 2.45) is 0 Å². The van der Waals surface area contributed by atoms with Crippen LogP contribution in [0.1, 0.15) is 24.2 Å². The Hall–Kier alpha value is -1.82. The van der Waals surface area contributed by atoms with Crippen LogP contribution in [-0.4, -0.2) is 29.5 Å². The number of thioether (sulfide) groups is 1. The van der Waals surface area contributed by atoms with E-state index in [0.717, 1.165) is 5.56 Å². The molecule has 102 valence electrons. The van der Waals surface area contributed by atoms with E-state index in [0.29, 0.717) is 16.7 Å². The van der Waals surface area contributed by atoms with Crippen molar-refractivity contribution in [3.05, 3.63) is 29.8 Å². The van der Waals surface area contributed by atoms with Gasteiger partial charge in [0.1, 0.15) is 0 Å². The number of methoxy groups -OCH3 is 1. The van der Waals surface area contributed by atoms with Gasteiger partial charge in [0.2, 0.25) is 5.89 Å². The molecule has 0 bridgehead atoms. The number of esters is 1. The Bertz CT molecular complexity index is 523. The predicted molar refractivity (Wildman–Crippen MR) is 74.2 cm³/mol. The molecule has 5 nitrogen and oxygen atoms in total. The fraction of sp³-hybridized carbons (Fsp3) is 0.308. The number of benzene rings is 1. The highest BCUT2D eigenvalue weighted by molar-refractivity contribution is 7.98. The van der Waals surface area contributed by atoms with Gasteiger partial charge >= 0.3 is 5.97 Å². The molecule has 0 amide bonds. The van der Waals surface area contributed by atoms with E-state index >= 15 is 0 Å². The molecule has 0 fully saturated rings. The highest BCUT2D eigenvalue weighted by Crippen LogP contribution is 2.21. The normalized spacial score (nSPS) is 9.47. The smallest absolute Gasteiger partial charge is 0.337 e. The number of hydrogen-bond donors (Lipinski definition) is 0. The molecule has 0 saturated heterocycles. The van der Waals surface area contributed by atoms with Gasteiger partial charge in [0, 0.05) is 5.56 Å². The topological polar surface area (TPSA) is 65.2 Å². The molecule has 0 aliphatic carbocycles. The SMILES string of the molecule is CC.COC(=O)c1ccc(-c2nnc(SC)o2)cc1. The van der Waals surface area contributed by atoms with Crippen LogP contribution in [0.5, 0.6) is 0 Å². The third-order valence-corrected chi connectivity index (χ3v) is 2.65. The van der Waals surface area contributed by atoms with Gasteiger partial charge in [-0.15, -0.1) is 10.2 Å². The van der Waals surface area contributed by atoms with Crippen LogP contribution < -0.4 is 0 Å². The molecule has 0 spiro atoms. The zero-order valence-corrected chi connectivity index (χ0v) is 12.2. The quantitative estimate of drug-likeness (QED) is 0.635. The van der Waals surface area contributed by atoms with Crippen LogP contribution in [0.25, 0.3) is 11.5 Å². The van der Waals surface area contributed by atoms with Crippen LogP contribution in [-0.2, 0) is 4.74 Å². The lowest BCUT2D eigenvalue weighted by Crippen LogP contribution is -2.00. The maximum atomic E-state index is 11.2. The fourth-order valence-electron chi connectivity index (χ4n) is 1.28. The second-order valence-electron chi connectivity index (χ2n) is 3.15. The van der Waals surface area contributed by atoms with Gasteiger partial charge in [0.15, 0.2) is 0 Å². The van der Waals surface area contributed by atoms with E-state index < -0.39 is 0 Å².